The second-order valence-corrected chi connectivity index (χ2v) is 12.8. The first-order valence-corrected chi connectivity index (χ1v) is 17.4. The summed E-state index contributed by atoms with van der Waals surface area (Å²) in [5.41, 5.74) is 5.82. The lowest BCUT2D eigenvalue weighted by molar-refractivity contribution is 0.238. The van der Waals surface area contributed by atoms with Gasteiger partial charge in [-0.05, 0) is 102 Å². The highest BCUT2D eigenvalue weighted by atomic mass is 16.3. The van der Waals surface area contributed by atoms with Crippen LogP contribution in [-0.2, 0) is 13.1 Å². The molecule has 2 atom stereocenters. The summed E-state index contributed by atoms with van der Waals surface area (Å²) in [6.07, 6.45) is 7.64. The fourth-order valence-corrected chi connectivity index (χ4v) is 6.15. The Balaban J connectivity index is 1.46. The first kappa shape index (κ1) is 36.0. The Bertz CT molecular complexity index is 1140. The number of nitrogens with one attached hydrogen (secondary N) is 4. The van der Waals surface area contributed by atoms with Crippen LogP contribution in [-0.4, -0.2) is 124 Å². The van der Waals surface area contributed by atoms with Gasteiger partial charge in [0.1, 0.15) is 11.5 Å². The molecule has 0 radical (unpaired) electrons. The molecule has 3 aliphatic heterocycles. The van der Waals surface area contributed by atoms with Crippen LogP contribution in [0.3, 0.4) is 0 Å². The van der Waals surface area contributed by atoms with Crippen molar-refractivity contribution in [3.05, 3.63) is 57.6 Å². The number of aryl methyl sites for hydroxylation is 2. The number of hydrogen-bond acceptors (Lipinski definition) is 10. The van der Waals surface area contributed by atoms with Crippen molar-refractivity contribution in [1.82, 2.24) is 31.1 Å². The first-order chi connectivity index (χ1) is 22.5. The van der Waals surface area contributed by atoms with E-state index in [0.29, 0.717) is 24.6 Å². The number of nitrogens with zero attached hydrogens (tertiary/aromatic N) is 4. The number of rotatable bonds is 0. The molecule has 6 N–H and O–H groups in total. The molecule has 1 saturated heterocycles. The fourth-order valence-electron chi connectivity index (χ4n) is 6.15. The molecule has 3 heterocycles. The molecule has 5 rings (SSSR count). The van der Waals surface area contributed by atoms with E-state index in [1.54, 1.807) is 0 Å². The average Bonchev–Trinajstić information content (AvgIpc) is 3.03. The Labute approximate surface area is 276 Å². The fraction of sp³-hybridized carbons (Fsp3) is 0.611. The highest BCUT2D eigenvalue weighted by Crippen LogP contribution is 2.26. The Morgan fingerprint density at radius 1 is 0.522 bits per heavy atom. The molecule has 0 spiro atoms. The Morgan fingerprint density at radius 2 is 0.935 bits per heavy atom. The Kier molecular flexibility index (Phi) is 16.0. The van der Waals surface area contributed by atoms with E-state index in [-0.39, 0.29) is 0 Å². The number of aromatic hydroxyl groups is 2. The van der Waals surface area contributed by atoms with E-state index in [2.05, 4.69) is 67.0 Å². The molecular formula is C36H58N8O2. The van der Waals surface area contributed by atoms with Gasteiger partial charge in [-0.3, -0.25) is 19.8 Å². The average molecular weight is 635 g/mol. The number of phenolic OH excluding ortho intramolecular Hbond substituents is 2. The summed E-state index contributed by atoms with van der Waals surface area (Å²) in [5, 5.41) is 36.6. The maximum absolute atomic E-state index is 11.2. The first-order valence-electron chi connectivity index (χ1n) is 17.4. The smallest absolute Gasteiger partial charge is 0.128 e. The summed E-state index contributed by atoms with van der Waals surface area (Å²) in [6, 6.07) is 8.27. The van der Waals surface area contributed by atoms with Gasteiger partial charge in [0.2, 0.25) is 0 Å². The molecule has 10 heteroatoms. The summed E-state index contributed by atoms with van der Waals surface area (Å²) >= 11 is 0. The van der Waals surface area contributed by atoms with Crippen LogP contribution < -0.4 is 21.3 Å². The molecule has 0 saturated carbocycles. The lowest BCUT2D eigenvalue weighted by atomic mass is 10.0. The Hall–Kier alpha value is -2.86. The second-order valence-electron chi connectivity index (χ2n) is 12.8. The van der Waals surface area contributed by atoms with Crippen LogP contribution in [0.1, 0.15) is 59.1 Å². The van der Waals surface area contributed by atoms with Crippen molar-refractivity contribution in [2.75, 3.05) is 91.6 Å². The van der Waals surface area contributed by atoms with Gasteiger partial charge in [-0.25, -0.2) is 0 Å². The van der Waals surface area contributed by atoms with Crippen molar-refractivity contribution in [2.45, 2.75) is 52.6 Å². The Morgan fingerprint density at radius 3 is 1.39 bits per heavy atom. The zero-order valence-corrected chi connectivity index (χ0v) is 28.3. The molecule has 0 aliphatic carbocycles. The minimum absolute atomic E-state index is 0.348. The van der Waals surface area contributed by atoms with E-state index >= 15 is 0 Å². The van der Waals surface area contributed by atoms with Crippen LogP contribution >= 0.6 is 0 Å². The second kappa shape index (κ2) is 20.4. The molecule has 2 unspecified atom stereocenters. The minimum Gasteiger partial charge on any atom is -0.507 e. The van der Waals surface area contributed by atoms with Crippen molar-refractivity contribution in [2.24, 2.45) is 9.98 Å². The maximum Gasteiger partial charge on any atom is 0.128 e. The summed E-state index contributed by atoms with van der Waals surface area (Å²) < 4.78 is 0. The van der Waals surface area contributed by atoms with Crippen molar-refractivity contribution in [3.63, 3.8) is 0 Å². The van der Waals surface area contributed by atoms with Crippen molar-refractivity contribution in [3.8, 4) is 11.5 Å². The van der Waals surface area contributed by atoms with Gasteiger partial charge in [-0.15, -0.1) is 0 Å². The highest BCUT2D eigenvalue weighted by molar-refractivity contribution is 5.85. The lowest BCUT2D eigenvalue weighted by Gasteiger charge is -2.26. The van der Waals surface area contributed by atoms with E-state index in [1.165, 1.54) is 0 Å². The molecule has 0 aromatic heterocycles. The van der Waals surface area contributed by atoms with Crippen molar-refractivity contribution in [1.29, 1.82) is 0 Å². The largest absolute Gasteiger partial charge is 0.507 e. The number of fused-ring (bicyclic) bond motifs is 21. The molecule has 10 nitrogen and oxygen atoms in total. The van der Waals surface area contributed by atoms with Crippen LogP contribution in [0, 0.1) is 13.8 Å². The molecular weight excluding hydrogens is 576 g/mol. The molecule has 254 valence electrons. The normalized spacial score (nSPS) is 22.7. The van der Waals surface area contributed by atoms with E-state index in [1.807, 2.05) is 24.6 Å². The number of hydrogen-bond donors (Lipinski definition) is 6. The maximum atomic E-state index is 11.2. The minimum atomic E-state index is 0.348. The van der Waals surface area contributed by atoms with Crippen molar-refractivity contribution >= 4 is 12.4 Å². The van der Waals surface area contributed by atoms with Gasteiger partial charge < -0.3 is 31.5 Å². The van der Waals surface area contributed by atoms with Gasteiger partial charge in [-0.2, -0.15) is 0 Å². The molecule has 0 amide bonds. The van der Waals surface area contributed by atoms with E-state index in [4.69, 9.17) is 0 Å². The van der Waals surface area contributed by atoms with Crippen molar-refractivity contribution < 1.29 is 10.2 Å². The van der Waals surface area contributed by atoms with E-state index in [0.717, 1.165) is 151 Å². The van der Waals surface area contributed by atoms with Gasteiger partial charge in [0.15, 0.2) is 0 Å². The standard InChI is InChI=1S/C36H58N8O2/c1-29-21-31-25-41-9-3-7-37-13-14-38-8-4-10-42-26-32-22-30(2)24-34(36(32)46)28-44-18-6-12-39-15-19-43(17-5-11-40-16-20-44)27-33(23-29)35(31)45/h21-26,37-40,45-46H,3-20,27-28H2,1-2H3. The monoisotopic (exact) mass is 634 g/mol. The highest BCUT2D eigenvalue weighted by Gasteiger charge is 2.15. The quantitative estimate of drug-likeness (QED) is 0.262. The number of aliphatic imine (C=N–C) groups is 2. The van der Waals surface area contributed by atoms with Crippen LogP contribution in [0.15, 0.2) is 34.3 Å². The van der Waals surface area contributed by atoms with Gasteiger partial charge >= 0.3 is 0 Å². The third-order valence-electron chi connectivity index (χ3n) is 8.60. The summed E-state index contributed by atoms with van der Waals surface area (Å²) in [6.45, 7) is 18.1. The summed E-state index contributed by atoms with van der Waals surface area (Å²) in [5.74, 6) is 0.697. The third kappa shape index (κ3) is 12.7. The SMILES string of the molecule is Cc1cc2c(O)c(c1)CN1CCCNCCN(CCCNCC1)Cc1cc(C)cc(c1O)C=NCCCNCCNCCCN=C2. The predicted octanol–water partition coefficient (Wildman–Crippen LogP) is 2.80. The molecule has 46 heavy (non-hydrogen) atoms. The predicted molar refractivity (Wildman–Crippen MR) is 191 cm³/mol. The number of benzene rings is 2. The van der Waals surface area contributed by atoms with Crippen LogP contribution in [0.25, 0.3) is 0 Å². The summed E-state index contributed by atoms with van der Waals surface area (Å²) in [4.78, 5) is 14.2. The van der Waals surface area contributed by atoms with Crippen LogP contribution in [0.2, 0.25) is 0 Å². The molecule has 3 aliphatic rings. The molecule has 2 aromatic carbocycles. The summed E-state index contributed by atoms with van der Waals surface area (Å²) in [7, 11) is 0. The third-order valence-corrected chi connectivity index (χ3v) is 8.60. The zero-order valence-electron chi connectivity index (χ0n) is 28.3. The topological polar surface area (TPSA) is 120 Å². The van der Waals surface area contributed by atoms with E-state index in [9.17, 15) is 10.2 Å². The van der Waals surface area contributed by atoms with Gasteiger partial charge in [0.05, 0.1) is 0 Å². The van der Waals surface area contributed by atoms with Gasteiger partial charge in [-0.1, -0.05) is 12.1 Å². The zero-order chi connectivity index (χ0) is 32.4. The molecule has 2 aromatic rings. The van der Waals surface area contributed by atoms with Crippen LogP contribution in [0.5, 0.6) is 11.5 Å². The lowest BCUT2D eigenvalue weighted by Crippen LogP contribution is -2.38. The number of phenols is 2. The van der Waals surface area contributed by atoms with E-state index < -0.39 is 0 Å². The van der Waals surface area contributed by atoms with Crippen LogP contribution in [0.4, 0.5) is 0 Å². The van der Waals surface area contributed by atoms with Gasteiger partial charge in [0.25, 0.3) is 0 Å². The van der Waals surface area contributed by atoms with Gasteiger partial charge in [0, 0.05) is 100 Å². The molecule has 1 fully saturated rings. The molecule has 6 bridgehead atoms.